The van der Waals surface area contributed by atoms with E-state index in [-0.39, 0.29) is 50.4 Å². The Labute approximate surface area is 168 Å². The molecule has 3 amide bonds. The summed E-state index contributed by atoms with van der Waals surface area (Å²) in [5, 5.41) is 0.563. The zero-order chi connectivity index (χ0) is 20.3. The summed E-state index contributed by atoms with van der Waals surface area (Å²) < 4.78 is 5.29. The number of amides is 3. The first-order valence-corrected chi connectivity index (χ1v) is 9.42. The van der Waals surface area contributed by atoms with E-state index in [0.717, 1.165) is 5.56 Å². The molecule has 0 spiro atoms. The van der Waals surface area contributed by atoms with Gasteiger partial charge in [0.1, 0.15) is 25.5 Å². The summed E-state index contributed by atoms with van der Waals surface area (Å²) in [5.41, 5.74) is 1.47. The van der Waals surface area contributed by atoms with Crippen LogP contribution in [0.15, 0.2) is 41.0 Å². The van der Waals surface area contributed by atoms with Gasteiger partial charge in [0.05, 0.1) is 12.8 Å². The van der Waals surface area contributed by atoms with Crippen molar-refractivity contribution in [3.05, 3.63) is 52.9 Å². The lowest BCUT2D eigenvalue weighted by Crippen LogP contribution is -2.42. The second-order valence-electron chi connectivity index (χ2n) is 6.62. The van der Waals surface area contributed by atoms with Crippen LogP contribution in [0.5, 0.6) is 0 Å². The number of benzene rings is 1. The molecule has 1 aromatic carbocycles. The average Bonchev–Trinajstić information content (AvgIpc) is 3.32. The number of hydrogen-bond acceptors (Lipinski definition) is 4. The lowest BCUT2D eigenvalue weighted by atomic mass is 10.2. The highest BCUT2D eigenvalue weighted by molar-refractivity contribution is 6.31. The van der Waals surface area contributed by atoms with Crippen molar-refractivity contribution >= 4 is 35.0 Å². The van der Waals surface area contributed by atoms with Gasteiger partial charge in [0.25, 0.3) is 0 Å². The van der Waals surface area contributed by atoms with Crippen molar-refractivity contribution in [1.82, 2.24) is 9.80 Å². The molecule has 1 fully saturated rings. The molecule has 7 nitrogen and oxygen atoms in total. The minimum Gasteiger partial charge on any atom is -0.467 e. The predicted molar refractivity (Wildman–Crippen MR) is 105 cm³/mol. The lowest BCUT2D eigenvalue weighted by Gasteiger charge is -2.24. The molecule has 1 aliphatic rings. The maximum absolute atomic E-state index is 12.8. The fourth-order valence-corrected chi connectivity index (χ4v) is 3.29. The molecule has 8 heteroatoms. The second kappa shape index (κ2) is 8.48. The highest BCUT2D eigenvalue weighted by atomic mass is 35.5. The number of anilines is 1. The van der Waals surface area contributed by atoms with E-state index in [9.17, 15) is 14.4 Å². The van der Waals surface area contributed by atoms with Gasteiger partial charge < -0.3 is 14.2 Å². The van der Waals surface area contributed by atoms with Crippen molar-refractivity contribution in [2.45, 2.75) is 26.8 Å². The molecule has 0 N–H and O–H groups in total. The average molecular weight is 404 g/mol. The van der Waals surface area contributed by atoms with Gasteiger partial charge in [-0.15, -0.1) is 0 Å². The van der Waals surface area contributed by atoms with Gasteiger partial charge in [0.2, 0.25) is 17.7 Å². The number of carbonyl (C=O) groups is 3. The van der Waals surface area contributed by atoms with Crippen LogP contribution in [0.3, 0.4) is 0 Å². The SMILES string of the molecule is CCC(=O)N(CC(=O)N1CC(=O)N(c2cccc(Cl)c2C)C1)Cc1ccco1. The highest BCUT2D eigenvalue weighted by Crippen LogP contribution is 2.28. The van der Waals surface area contributed by atoms with E-state index in [0.29, 0.717) is 16.5 Å². The minimum absolute atomic E-state index is 0.0281. The second-order valence-corrected chi connectivity index (χ2v) is 7.03. The van der Waals surface area contributed by atoms with Gasteiger partial charge in [-0.3, -0.25) is 19.3 Å². The molecule has 0 atom stereocenters. The van der Waals surface area contributed by atoms with Crippen molar-refractivity contribution in [3.8, 4) is 0 Å². The maximum atomic E-state index is 12.8. The molecule has 0 bridgehead atoms. The molecule has 0 radical (unpaired) electrons. The molecule has 1 saturated heterocycles. The summed E-state index contributed by atoms with van der Waals surface area (Å²) in [4.78, 5) is 41.9. The van der Waals surface area contributed by atoms with Gasteiger partial charge in [0, 0.05) is 17.1 Å². The molecule has 1 aromatic heterocycles. The smallest absolute Gasteiger partial charge is 0.248 e. The molecule has 2 aromatic rings. The zero-order valence-corrected chi connectivity index (χ0v) is 16.6. The van der Waals surface area contributed by atoms with E-state index >= 15 is 0 Å². The van der Waals surface area contributed by atoms with E-state index < -0.39 is 0 Å². The molecule has 2 heterocycles. The Morgan fingerprint density at radius 1 is 1.25 bits per heavy atom. The van der Waals surface area contributed by atoms with E-state index in [2.05, 4.69) is 0 Å². The number of nitrogens with zero attached hydrogens (tertiary/aromatic N) is 3. The Morgan fingerprint density at radius 3 is 2.71 bits per heavy atom. The summed E-state index contributed by atoms with van der Waals surface area (Å²) in [7, 11) is 0. The van der Waals surface area contributed by atoms with Crippen LogP contribution in [0.4, 0.5) is 5.69 Å². The lowest BCUT2D eigenvalue weighted by molar-refractivity contribution is -0.140. The van der Waals surface area contributed by atoms with Gasteiger partial charge >= 0.3 is 0 Å². The van der Waals surface area contributed by atoms with Crippen LogP contribution in [0.2, 0.25) is 5.02 Å². The summed E-state index contributed by atoms with van der Waals surface area (Å²) >= 11 is 6.15. The summed E-state index contributed by atoms with van der Waals surface area (Å²) in [6.07, 6.45) is 1.80. The fraction of sp³-hybridized carbons (Fsp3) is 0.350. The Kier molecular flexibility index (Phi) is 6.04. The first-order valence-electron chi connectivity index (χ1n) is 9.04. The monoisotopic (exact) mass is 403 g/mol. The Balaban J connectivity index is 1.70. The molecule has 0 saturated carbocycles. The third-order valence-corrected chi connectivity index (χ3v) is 5.14. The van der Waals surface area contributed by atoms with Crippen LogP contribution >= 0.6 is 11.6 Å². The van der Waals surface area contributed by atoms with Gasteiger partial charge in [-0.1, -0.05) is 24.6 Å². The molecule has 148 valence electrons. The first-order chi connectivity index (χ1) is 13.4. The first kappa shape index (κ1) is 19.9. The van der Waals surface area contributed by atoms with Crippen molar-refractivity contribution < 1.29 is 18.8 Å². The fourth-order valence-electron chi connectivity index (χ4n) is 3.12. The molecule has 28 heavy (non-hydrogen) atoms. The van der Waals surface area contributed by atoms with Gasteiger partial charge in [-0.2, -0.15) is 0 Å². The van der Waals surface area contributed by atoms with Gasteiger partial charge in [-0.25, -0.2) is 0 Å². The third kappa shape index (κ3) is 4.20. The Morgan fingerprint density at radius 2 is 2.04 bits per heavy atom. The summed E-state index contributed by atoms with van der Waals surface area (Å²) in [6.45, 7) is 3.78. The predicted octanol–water partition coefficient (Wildman–Crippen LogP) is 2.81. The van der Waals surface area contributed by atoms with Crippen molar-refractivity contribution in [3.63, 3.8) is 0 Å². The molecule has 0 unspecified atom stereocenters. The topological polar surface area (TPSA) is 74.1 Å². The summed E-state index contributed by atoms with van der Waals surface area (Å²) in [5.74, 6) is -0.0249. The molecular weight excluding hydrogens is 382 g/mol. The van der Waals surface area contributed by atoms with Crippen LogP contribution < -0.4 is 4.90 Å². The third-order valence-electron chi connectivity index (χ3n) is 4.73. The van der Waals surface area contributed by atoms with Crippen LogP contribution in [-0.2, 0) is 20.9 Å². The molecular formula is C20H22ClN3O4. The van der Waals surface area contributed by atoms with E-state index in [1.807, 2.05) is 6.92 Å². The highest BCUT2D eigenvalue weighted by Gasteiger charge is 2.33. The Hall–Kier alpha value is -2.80. The minimum atomic E-state index is -0.288. The normalized spacial score (nSPS) is 13.9. The number of hydrogen-bond donors (Lipinski definition) is 0. The zero-order valence-electron chi connectivity index (χ0n) is 15.9. The number of halogens is 1. The van der Waals surface area contributed by atoms with Crippen LogP contribution in [0.25, 0.3) is 0 Å². The number of rotatable bonds is 6. The van der Waals surface area contributed by atoms with E-state index in [1.54, 1.807) is 37.3 Å². The number of carbonyl (C=O) groups excluding carboxylic acids is 3. The molecule has 0 aliphatic carbocycles. The van der Waals surface area contributed by atoms with E-state index in [1.165, 1.54) is 21.0 Å². The Bertz CT molecular complexity index is 882. The standard InChI is InChI=1S/C20H22ClN3O4/c1-3-18(25)22(10-15-6-5-9-28-15)11-19(26)23-12-20(27)24(13-23)17-8-4-7-16(21)14(17)2/h4-9H,3,10-13H2,1-2H3. The number of furan rings is 1. The van der Waals surface area contributed by atoms with Gasteiger partial charge in [-0.05, 0) is 36.8 Å². The summed E-state index contributed by atoms with van der Waals surface area (Å²) in [6, 6.07) is 8.82. The molecule has 1 aliphatic heterocycles. The van der Waals surface area contributed by atoms with E-state index in [4.69, 9.17) is 16.0 Å². The quantitative estimate of drug-likeness (QED) is 0.743. The van der Waals surface area contributed by atoms with Crippen molar-refractivity contribution in [1.29, 1.82) is 0 Å². The van der Waals surface area contributed by atoms with Crippen LogP contribution in [-0.4, -0.2) is 47.3 Å². The maximum Gasteiger partial charge on any atom is 0.248 e. The largest absolute Gasteiger partial charge is 0.467 e. The van der Waals surface area contributed by atoms with Crippen molar-refractivity contribution in [2.24, 2.45) is 0 Å². The van der Waals surface area contributed by atoms with Gasteiger partial charge in [0.15, 0.2) is 0 Å². The van der Waals surface area contributed by atoms with Crippen molar-refractivity contribution in [2.75, 3.05) is 24.7 Å². The van der Waals surface area contributed by atoms with Crippen LogP contribution in [0.1, 0.15) is 24.7 Å². The van der Waals surface area contributed by atoms with Crippen LogP contribution in [0, 0.1) is 6.92 Å². The molecule has 3 rings (SSSR count).